The molecule has 1 atom stereocenters. The summed E-state index contributed by atoms with van der Waals surface area (Å²) in [5.41, 5.74) is 7.22. The summed E-state index contributed by atoms with van der Waals surface area (Å²) in [5, 5.41) is 0. The molecule has 3 nitrogen and oxygen atoms in total. The minimum Gasteiger partial charge on any atom is -0.469 e. The second-order valence-corrected chi connectivity index (χ2v) is 5.35. The molecular formula is C15H23NO2. The van der Waals surface area contributed by atoms with Crippen molar-refractivity contribution < 1.29 is 9.53 Å². The summed E-state index contributed by atoms with van der Waals surface area (Å²) in [6.45, 7) is 5.99. The van der Waals surface area contributed by atoms with Gasteiger partial charge in [-0.15, -0.1) is 0 Å². The largest absolute Gasteiger partial charge is 0.469 e. The molecule has 18 heavy (non-hydrogen) atoms. The van der Waals surface area contributed by atoms with Gasteiger partial charge in [-0.1, -0.05) is 19.1 Å². The van der Waals surface area contributed by atoms with Gasteiger partial charge < -0.3 is 10.5 Å². The first kappa shape index (κ1) is 14.6. The molecule has 0 aromatic heterocycles. The van der Waals surface area contributed by atoms with Crippen molar-refractivity contribution in [3.63, 3.8) is 0 Å². The molecule has 0 bridgehead atoms. The molecule has 0 aliphatic rings. The number of carbonyl (C=O) groups is 1. The quantitative estimate of drug-likeness (QED) is 0.643. The molecule has 0 spiro atoms. The van der Waals surface area contributed by atoms with Crippen molar-refractivity contribution in [3.8, 4) is 0 Å². The molecule has 0 aliphatic carbocycles. The van der Waals surface area contributed by atoms with Crippen LogP contribution in [0.1, 0.15) is 45.1 Å². The first-order chi connectivity index (χ1) is 8.40. The van der Waals surface area contributed by atoms with E-state index in [1.54, 1.807) is 0 Å². The van der Waals surface area contributed by atoms with E-state index in [0.717, 1.165) is 18.5 Å². The van der Waals surface area contributed by atoms with E-state index in [1.807, 2.05) is 38.1 Å². The van der Waals surface area contributed by atoms with Gasteiger partial charge in [0.1, 0.15) is 0 Å². The molecule has 0 amide bonds. The summed E-state index contributed by atoms with van der Waals surface area (Å²) in [4.78, 5) is 11.7. The fourth-order valence-electron chi connectivity index (χ4n) is 2.24. The van der Waals surface area contributed by atoms with Crippen molar-refractivity contribution in [1.82, 2.24) is 0 Å². The Bertz CT molecular complexity index is 395. The summed E-state index contributed by atoms with van der Waals surface area (Å²) < 4.78 is 4.86. The Morgan fingerprint density at radius 2 is 1.89 bits per heavy atom. The number of esters is 1. The van der Waals surface area contributed by atoms with Crippen molar-refractivity contribution in [2.45, 2.75) is 39.5 Å². The number of hydrogen-bond donors (Lipinski definition) is 1. The van der Waals surface area contributed by atoms with Gasteiger partial charge in [-0.25, -0.2) is 0 Å². The van der Waals surface area contributed by atoms with Gasteiger partial charge >= 0.3 is 5.97 Å². The Morgan fingerprint density at radius 1 is 1.33 bits per heavy atom. The number of nitrogen functional groups attached to an aromatic ring is 1. The van der Waals surface area contributed by atoms with Gasteiger partial charge in [-0.05, 0) is 50.3 Å². The van der Waals surface area contributed by atoms with Crippen LogP contribution < -0.4 is 5.73 Å². The Kier molecular flexibility index (Phi) is 4.76. The van der Waals surface area contributed by atoms with Gasteiger partial charge in [0, 0.05) is 5.69 Å². The number of nitrogens with two attached hydrogens (primary N) is 1. The van der Waals surface area contributed by atoms with Crippen LogP contribution in [0.2, 0.25) is 0 Å². The van der Waals surface area contributed by atoms with E-state index in [2.05, 4.69) is 6.92 Å². The fraction of sp³-hybridized carbons (Fsp3) is 0.533. The Hall–Kier alpha value is -1.51. The maximum Gasteiger partial charge on any atom is 0.311 e. The lowest BCUT2D eigenvalue weighted by atomic mass is 9.79. The van der Waals surface area contributed by atoms with Crippen LogP contribution in [0.3, 0.4) is 0 Å². The number of methoxy groups -OCH3 is 1. The SMILES string of the molecule is CCC(CC(C)(C)C(=O)OC)c1ccc(N)cc1. The molecule has 3 heteroatoms. The molecule has 1 unspecified atom stereocenters. The molecule has 0 radical (unpaired) electrons. The normalized spacial score (nSPS) is 13.1. The van der Waals surface area contributed by atoms with Gasteiger partial charge in [-0.2, -0.15) is 0 Å². The van der Waals surface area contributed by atoms with E-state index < -0.39 is 5.41 Å². The highest BCUT2D eigenvalue weighted by Gasteiger charge is 2.31. The average Bonchev–Trinajstić information content (AvgIpc) is 2.36. The zero-order valence-corrected chi connectivity index (χ0v) is 11.7. The van der Waals surface area contributed by atoms with Gasteiger partial charge in [0.25, 0.3) is 0 Å². The number of carbonyl (C=O) groups excluding carboxylic acids is 1. The lowest BCUT2D eigenvalue weighted by molar-refractivity contribution is -0.151. The highest BCUT2D eigenvalue weighted by molar-refractivity contribution is 5.75. The highest BCUT2D eigenvalue weighted by Crippen LogP contribution is 2.34. The third-order valence-corrected chi connectivity index (χ3v) is 3.40. The molecule has 1 rings (SSSR count). The summed E-state index contributed by atoms with van der Waals surface area (Å²) >= 11 is 0. The van der Waals surface area contributed by atoms with E-state index in [-0.39, 0.29) is 5.97 Å². The Morgan fingerprint density at radius 3 is 2.33 bits per heavy atom. The van der Waals surface area contributed by atoms with Gasteiger partial charge in [0.15, 0.2) is 0 Å². The Balaban J connectivity index is 2.85. The van der Waals surface area contributed by atoms with Crippen LogP contribution >= 0.6 is 0 Å². The van der Waals surface area contributed by atoms with Crippen LogP contribution in [0.25, 0.3) is 0 Å². The monoisotopic (exact) mass is 249 g/mol. The van der Waals surface area contributed by atoms with Gasteiger partial charge in [0.05, 0.1) is 12.5 Å². The predicted molar refractivity (Wildman–Crippen MR) is 74.3 cm³/mol. The number of hydrogen-bond acceptors (Lipinski definition) is 3. The molecule has 0 saturated carbocycles. The highest BCUT2D eigenvalue weighted by atomic mass is 16.5. The molecule has 0 aliphatic heterocycles. The van der Waals surface area contributed by atoms with Crippen molar-refractivity contribution in [2.24, 2.45) is 5.41 Å². The standard InChI is InChI=1S/C15H23NO2/c1-5-11(10-15(2,3)14(17)18-4)12-6-8-13(16)9-7-12/h6-9,11H,5,10,16H2,1-4H3. The second-order valence-electron chi connectivity index (χ2n) is 5.35. The minimum atomic E-state index is -0.461. The van der Waals surface area contributed by atoms with Crippen molar-refractivity contribution in [1.29, 1.82) is 0 Å². The summed E-state index contributed by atoms with van der Waals surface area (Å²) in [7, 11) is 1.44. The van der Waals surface area contributed by atoms with Crippen LogP contribution in [-0.2, 0) is 9.53 Å². The molecular weight excluding hydrogens is 226 g/mol. The summed E-state index contributed by atoms with van der Waals surface area (Å²) in [6.07, 6.45) is 1.77. The zero-order valence-electron chi connectivity index (χ0n) is 11.7. The van der Waals surface area contributed by atoms with Crippen LogP contribution in [0.15, 0.2) is 24.3 Å². The topological polar surface area (TPSA) is 52.3 Å². The van der Waals surface area contributed by atoms with E-state index >= 15 is 0 Å². The molecule has 0 fully saturated rings. The smallest absolute Gasteiger partial charge is 0.311 e. The first-order valence-electron chi connectivity index (χ1n) is 6.34. The first-order valence-corrected chi connectivity index (χ1v) is 6.34. The predicted octanol–water partition coefficient (Wildman–Crippen LogP) is 3.35. The Labute approximate surface area is 109 Å². The third-order valence-electron chi connectivity index (χ3n) is 3.40. The van der Waals surface area contributed by atoms with Crippen molar-refractivity contribution in [3.05, 3.63) is 29.8 Å². The van der Waals surface area contributed by atoms with Crippen LogP contribution in [0.5, 0.6) is 0 Å². The van der Waals surface area contributed by atoms with Crippen LogP contribution in [-0.4, -0.2) is 13.1 Å². The molecule has 1 aromatic carbocycles. The van der Waals surface area contributed by atoms with Crippen LogP contribution in [0.4, 0.5) is 5.69 Å². The van der Waals surface area contributed by atoms with E-state index in [0.29, 0.717) is 5.92 Å². The fourth-order valence-corrected chi connectivity index (χ4v) is 2.24. The van der Waals surface area contributed by atoms with Gasteiger partial charge in [0.2, 0.25) is 0 Å². The summed E-state index contributed by atoms with van der Waals surface area (Å²) in [6, 6.07) is 7.89. The van der Waals surface area contributed by atoms with Crippen molar-refractivity contribution >= 4 is 11.7 Å². The van der Waals surface area contributed by atoms with Crippen LogP contribution in [0, 0.1) is 5.41 Å². The lowest BCUT2D eigenvalue weighted by Gasteiger charge is -2.27. The maximum absolute atomic E-state index is 11.7. The zero-order chi connectivity index (χ0) is 13.8. The van der Waals surface area contributed by atoms with Crippen molar-refractivity contribution in [2.75, 3.05) is 12.8 Å². The number of ether oxygens (including phenoxy) is 1. The van der Waals surface area contributed by atoms with Gasteiger partial charge in [-0.3, -0.25) is 4.79 Å². The van der Waals surface area contributed by atoms with E-state index in [9.17, 15) is 4.79 Å². The molecule has 2 N–H and O–H groups in total. The summed E-state index contributed by atoms with van der Waals surface area (Å²) in [5.74, 6) is 0.191. The molecule has 1 aromatic rings. The van der Waals surface area contributed by atoms with E-state index in [1.165, 1.54) is 12.7 Å². The molecule has 0 saturated heterocycles. The maximum atomic E-state index is 11.7. The third kappa shape index (κ3) is 3.49. The minimum absolute atomic E-state index is 0.156. The second kappa shape index (κ2) is 5.89. The number of anilines is 1. The average molecular weight is 249 g/mol. The number of benzene rings is 1. The number of rotatable bonds is 5. The van der Waals surface area contributed by atoms with E-state index in [4.69, 9.17) is 10.5 Å². The lowest BCUT2D eigenvalue weighted by Crippen LogP contribution is -2.27. The molecule has 100 valence electrons. The molecule has 0 heterocycles.